The van der Waals surface area contributed by atoms with E-state index in [2.05, 4.69) is 10.5 Å². The SMILES string of the molecule is Cc1ccc(OCC(=O)N/N=C/[C@@H](C)c2ccccc2)c([N+](=O)[O-])c1. The zero-order chi connectivity index (χ0) is 18.2. The maximum absolute atomic E-state index is 11.8. The minimum atomic E-state index is -0.542. The molecule has 0 saturated carbocycles. The summed E-state index contributed by atoms with van der Waals surface area (Å²) in [4.78, 5) is 22.2. The molecule has 1 N–H and O–H groups in total. The lowest BCUT2D eigenvalue weighted by molar-refractivity contribution is -0.385. The maximum atomic E-state index is 11.8. The number of nitro benzene ring substituents is 1. The van der Waals surface area contributed by atoms with Crippen LogP contribution in [0.2, 0.25) is 0 Å². The van der Waals surface area contributed by atoms with Crippen molar-refractivity contribution in [3.05, 3.63) is 69.8 Å². The Morgan fingerprint density at radius 2 is 2.04 bits per heavy atom. The molecule has 0 bridgehead atoms. The summed E-state index contributed by atoms with van der Waals surface area (Å²) in [6, 6.07) is 14.3. The highest BCUT2D eigenvalue weighted by Gasteiger charge is 2.16. The lowest BCUT2D eigenvalue weighted by Crippen LogP contribution is -2.25. The average Bonchev–Trinajstić information content (AvgIpc) is 2.61. The van der Waals surface area contributed by atoms with Crippen LogP contribution in [0.5, 0.6) is 5.75 Å². The van der Waals surface area contributed by atoms with E-state index >= 15 is 0 Å². The van der Waals surface area contributed by atoms with Gasteiger partial charge in [-0.3, -0.25) is 14.9 Å². The average molecular weight is 341 g/mol. The molecule has 7 heteroatoms. The van der Waals surface area contributed by atoms with Gasteiger partial charge in [-0.2, -0.15) is 5.10 Å². The highest BCUT2D eigenvalue weighted by atomic mass is 16.6. The van der Waals surface area contributed by atoms with E-state index in [1.54, 1.807) is 19.2 Å². The second kappa shape index (κ2) is 8.58. The Balaban J connectivity index is 1.87. The van der Waals surface area contributed by atoms with Crippen molar-refractivity contribution >= 4 is 17.8 Å². The third kappa shape index (κ3) is 5.42. The van der Waals surface area contributed by atoms with Crippen LogP contribution < -0.4 is 10.2 Å². The van der Waals surface area contributed by atoms with Crippen LogP contribution in [0.25, 0.3) is 0 Å². The van der Waals surface area contributed by atoms with Gasteiger partial charge in [-0.25, -0.2) is 5.43 Å². The molecule has 1 amide bonds. The summed E-state index contributed by atoms with van der Waals surface area (Å²) in [7, 11) is 0. The predicted molar refractivity (Wildman–Crippen MR) is 94.8 cm³/mol. The molecule has 130 valence electrons. The van der Waals surface area contributed by atoms with Gasteiger partial charge in [0.1, 0.15) is 0 Å². The normalized spacial score (nSPS) is 11.9. The first kappa shape index (κ1) is 18.1. The highest BCUT2D eigenvalue weighted by Crippen LogP contribution is 2.27. The van der Waals surface area contributed by atoms with Crippen LogP contribution >= 0.6 is 0 Å². The number of nitrogens with one attached hydrogen (secondary N) is 1. The molecule has 0 aromatic heterocycles. The minimum absolute atomic E-state index is 0.0422. The summed E-state index contributed by atoms with van der Waals surface area (Å²) in [5.74, 6) is -0.403. The molecule has 0 spiro atoms. The first-order valence-electron chi connectivity index (χ1n) is 7.72. The van der Waals surface area contributed by atoms with E-state index in [0.717, 1.165) is 11.1 Å². The lowest BCUT2D eigenvalue weighted by atomic mass is 10.0. The van der Waals surface area contributed by atoms with Gasteiger partial charge < -0.3 is 4.74 Å². The van der Waals surface area contributed by atoms with Gasteiger partial charge in [0.05, 0.1) is 4.92 Å². The minimum Gasteiger partial charge on any atom is -0.477 e. The van der Waals surface area contributed by atoms with Crippen LogP contribution in [0.4, 0.5) is 5.69 Å². The zero-order valence-electron chi connectivity index (χ0n) is 14.0. The summed E-state index contributed by atoms with van der Waals surface area (Å²) in [6.07, 6.45) is 1.61. The molecule has 7 nitrogen and oxygen atoms in total. The molecule has 0 aliphatic heterocycles. The number of carbonyl (C=O) groups excluding carboxylic acids is 1. The Hall–Kier alpha value is -3.22. The fourth-order valence-electron chi connectivity index (χ4n) is 2.13. The van der Waals surface area contributed by atoms with Gasteiger partial charge in [-0.15, -0.1) is 0 Å². The molecule has 0 aliphatic rings. The predicted octanol–water partition coefficient (Wildman–Crippen LogP) is 3.19. The molecular formula is C18H19N3O4. The van der Waals surface area contributed by atoms with Gasteiger partial charge in [0.2, 0.25) is 0 Å². The van der Waals surface area contributed by atoms with Gasteiger partial charge >= 0.3 is 5.69 Å². The molecule has 0 saturated heterocycles. The van der Waals surface area contributed by atoms with Crippen LogP contribution in [-0.2, 0) is 4.79 Å². The summed E-state index contributed by atoms with van der Waals surface area (Å²) in [6.45, 7) is 3.34. The Morgan fingerprint density at radius 1 is 1.32 bits per heavy atom. The number of aryl methyl sites for hydroxylation is 1. The van der Waals surface area contributed by atoms with Crippen molar-refractivity contribution in [1.29, 1.82) is 0 Å². The van der Waals surface area contributed by atoms with Crippen molar-refractivity contribution < 1.29 is 14.5 Å². The number of ether oxygens (including phenoxy) is 1. The molecule has 0 fully saturated rings. The lowest BCUT2D eigenvalue weighted by Gasteiger charge is -2.07. The Kier molecular flexibility index (Phi) is 6.22. The molecule has 0 unspecified atom stereocenters. The number of hydrogen-bond acceptors (Lipinski definition) is 5. The molecule has 2 rings (SSSR count). The first-order valence-corrected chi connectivity index (χ1v) is 7.72. The van der Waals surface area contributed by atoms with Crippen LogP contribution in [0.15, 0.2) is 53.6 Å². The van der Waals surface area contributed by atoms with E-state index < -0.39 is 10.8 Å². The number of rotatable bonds is 7. The second-order valence-electron chi connectivity index (χ2n) is 5.53. The molecule has 0 aliphatic carbocycles. The standard InChI is InChI=1S/C18H19N3O4/c1-13-8-9-17(16(10-13)21(23)24)25-12-18(22)20-19-11-14(2)15-6-4-3-5-7-15/h3-11,14H,12H2,1-2H3,(H,20,22)/b19-11+/t14-/m1/s1. The zero-order valence-corrected chi connectivity index (χ0v) is 14.0. The third-order valence-corrected chi connectivity index (χ3v) is 3.48. The number of carbonyl (C=O) groups is 1. The number of amides is 1. The van der Waals surface area contributed by atoms with Crippen molar-refractivity contribution in [2.45, 2.75) is 19.8 Å². The number of hydrogen-bond donors (Lipinski definition) is 1. The van der Waals surface area contributed by atoms with Crippen molar-refractivity contribution in [1.82, 2.24) is 5.43 Å². The fraction of sp³-hybridized carbons (Fsp3) is 0.222. The largest absolute Gasteiger partial charge is 0.477 e. The smallest absolute Gasteiger partial charge is 0.311 e. The van der Waals surface area contributed by atoms with E-state index in [1.165, 1.54) is 12.1 Å². The van der Waals surface area contributed by atoms with E-state index in [4.69, 9.17) is 4.74 Å². The third-order valence-electron chi connectivity index (χ3n) is 3.48. The number of benzene rings is 2. The fourth-order valence-corrected chi connectivity index (χ4v) is 2.13. The monoisotopic (exact) mass is 341 g/mol. The first-order chi connectivity index (χ1) is 12.0. The quantitative estimate of drug-likeness (QED) is 0.475. The van der Waals surface area contributed by atoms with Crippen LogP contribution in [0.1, 0.15) is 24.0 Å². The number of hydrazone groups is 1. The van der Waals surface area contributed by atoms with Gasteiger partial charge in [0.25, 0.3) is 5.91 Å². The van der Waals surface area contributed by atoms with Crippen molar-refractivity contribution in [3.8, 4) is 5.75 Å². The molecule has 1 atom stereocenters. The van der Waals surface area contributed by atoms with Crippen LogP contribution in [0, 0.1) is 17.0 Å². The van der Waals surface area contributed by atoms with Crippen LogP contribution in [-0.4, -0.2) is 23.7 Å². The Bertz CT molecular complexity index is 775. The summed E-state index contributed by atoms with van der Waals surface area (Å²) in [5, 5.41) is 14.9. The van der Waals surface area contributed by atoms with Crippen molar-refractivity contribution in [3.63, 3.8) is 0 Å². The molecule has 0 radical (unpaired) electrons. The van der Waals surface area contributed by atoms with Gasteiger partial charge in [0.15, 0.2) is 12.4 Å². The molecule has 2 aromatic carbocycles. The Labute approximate surface area is 145 Å². The van der Waals surface area contributed by atoms with Crippen molar-refractivity contribution in [2.75, 3.05) is 6.61 Å². The number of nitro groups is 1. The summed E-state index contributed by atoms with van der Waals surface area (Å²) < 4.78 is 5.23. The summed E-state index contributed by atoms with van der Waals surface area (Å²) >= 11 is 0. The molecule has 2 aromatic rings. The highest BCUT2D eigenvalue weighted by molar-refractivity contribution is 5.79. The Morgan fingerprint density at radius 3 is 2.72 bits per heavy atom. The molecule has 0 heterocycles. The maximum Gasteiger partial charge on any atom is 0.311 e. The van der Waals surface area contributed by atoms with Gasteiger partial charge in [-0.05, 0) is 24.1 Å². The van der Waals surface area contributed by atoms with Crippen molar-refractivity contribution in [2.24, 2.45) is 5.10 Å². The summed E-state index contributed by atoms with van der Waals surface area (Å²) in [5.41, 5.74) is 3.99. The molecular weight excluding hydrogens is 322 g/mol. The van der Waals surface area contributed by atoms with Gasteiger partial charge in [-0.1, -0.05) is 43.3 Å². The van der Waals surface area contributed by atoms with Crippen LogP contribution in [0.3, 0.4) is 0 Å². The van der Waals surface area contributed by atoms with E-state index in [9.17, 15) is 14.9 Å². The topological polar surface area (TPSA) is 93.8 Å². The van der Waals surface area contributed by atoms with E-state index in [1.807, 2.05) is 37.3 Å². The second-order valence-corrected chi connectivity index (χ2v) is 5.53. The van der Waals surface area contributed by atoms with E-state index in [0.29, 0.717) is 0 Å². The number of nitrogens with zero attached hydrogens (tertiary/aromatic N) is 2. The molecule has 25 heavy (non-hydrogen) atoms. The van der Waals surface area contributed by atoms with E-state index in [-0.39, 0.29) is 24.0 Å². The van der Waals surface area contributed by atoms with Gasteiger partial charge in [0, 0.05) is 18.2 Å².